The first-order valence-corrected chi connectivity index (χ1v) is 6.70. The molecule has 0 aromatic heterocycles. The van der Waals surface area contributed by atoms with Crippen molar-refractivity contribution in [3.63, 3.8) is 0 Å². The molecule has 94 valence electrons. The Morgan fingerprint density at radius 2 is 1.94 bits per heavy atom. The number of hydrogen-bond acceptors (Lipinski definition) is 2. The van der Waals surface area contributed by atoms with E-state index in [1.165, 1.54) is 19.3 Å². The smallest absolute Gasteiger partial charge is 0.223 e. The fourth-order valence-electron chi connectivity index (χ4n) is 2.73. The summed E-state index contributed by atoms with van der Waals surface area (Å²) in [5.41, 5.74) is 5.73. The number of carbonyl (C=O) groups is 1. The molecule has 3 N–H and O–H groups in total. The predicted octanol–water partition coefficient (Wildman–Crippen LogP) is 1.91. The van der Waals surface area contributed by atoms with Crippen LogP contribution in [0, 0.1) is 17.8 Å². The molecule has 0 radical (unpaired) electrons. The maximum absolute atomic E-state index is 11.8. The van der Waals surface area contributed by atoms with Crippen molar-refractivity contribution in [1.82, 2.24) is 5.32 Å². The highest BCUT2D eigenvalue weighted by atomic mass is 16.1. The first-order chi connectivity index (χ1) is 7.72. The third kappa shape index (κ3) is 3.48. The van der Waals surface area contributed by atoms with Crippen LogP contribution >= 0.6 is 0 Å². The maximum atomic E-state index is 11.8. The molecule has 1 amide bonds. The van der Waals surface area contributed by atoms with Crippen molar-refractivity contribution >= 4 is 5.91 Å². The molecule has 2 unspecified atom stereocenters. The molecule has 0 heterocycles. The van der Waals surface area contributed by atoms with Gasteiger partial charge in [0.25, 0.3) is 0 Å². The first kappa shape index (κ1) is 13.5. The maximum Gasteiger partial charge on any atom is 0.223 e. The highest BCUT2D eigenvalue weighted by Crippen LogP contribution is 2.30. The monoisotopic (exact) mass is 226 g/mol. The lowest BCUT2D eigenvalue weighted by Gasteiger charge is -2.20. The topological polar surface area (TPSA) is 55.1 Å². The van der Waals surface area contributed by atoms with E-state index in [2.05, 4.69) is 19.2 Å². The second kappa shape index (κ2) is 6.89. The van der Waals surface area contributed by atoms with E-state index in [0.29, 0.717) is 11.8 Å². The quantitative estimate of drug-likeness (QED) is 0.727. The molecule has 1 aliphatic rings. The highest BCUT2D eigenvalue weighted by Gasteiger charge is 2.26. The van der Waals surface area contributed by atoms with Gasteiger partial charge in [0.05, 0.1) is 0 Å². The van der Waals surface area contributed by atoms with E-state index in [4.69, 9.17) is 5.73 Å². The predicted molar refractivity (Wildman–Crippen MR) is 67.0 cm³/mol. The number of nitrogens with one attached hydrogen (secondary N) is 1. The molecule has 16 heavy (non-hydrogen) atoms. The fraction of sp³-hybridized carbons (Fsp3) is 0.923. The molecular formula is C13H26N2O. The molecular weight excluding hydrogens is 200 g/mol. The van der Waals surface area contributed by atoms with Gasteiger partial charge in [-0.2, -0.15) is 0 Å². The average molecular weight is 226 g/mol. The van der Waals surface area contributed by atoms with Crippen LogP contribution in [0.5, 0.6) is 0 Å². The van der Waals surface area contributed by atoms with Crippen molar-refractivity contribution in [2.45, 2.75) is 46.0 Å². The highest BCUT2D eigenvalue weighted by molar-refractivity contribution is 5.78. The molecule has 3 nitrogen and oxygen atoms in total. The molecule has 0 aromatic carbocycles. The van der Waals surface area contributed by atoms with Gasteiger partial charge in [-0.1, -0.05) is 20.3 Å². The van der Waals surface area contributed by atoms with Gasteiger partial charge in [-0.3, -0.25) is 4.79 Å². The number of carbonyl (C=O) groups excluding carboxylic acids is 1. The van der Waals surface area contributed by atoms with Crippen LogP contribution in [-0.4, -0.2) is 19.0 Å². The number of hydrogen-bond donors (Lipinski definition) is 2. The van der Waals surface area contributed by atoms with Crippen LogP contribution in [0.15, 0.2) is 0 Å². The van der Waals surface area contributed by atoms with Crippen LogP contribution in [0.1, 0.15) is 46.0 Å². The summed E-state index contributed by atoms with van der Waals surface area (Å²) >= 11 is 0. The standard InChI is InChI=1S/C13H26N2O/c1-3-10(4-2)13(16)15-9-12-7-5-6-11(12)8-14/h10-12H,3-9,14H2,1-2H3,(H,15,16). The van der Waals surface area contributed by atoms with Gasteiger partial charge in [-0.25, -0.2) is 0 Å². The van der Waals surface area contributed by atoms with Gasteiger partial charge < -0.3 is 11.1 Å². The van der Waals surface area contributed by atoms with Crippen molar-refractivity contribution in [2.75, 3.05) is 13.1 Å². The summed E-state index contributed by atoms with van der Waals surface area (Å²) in [6, 6.07) is 0. The largest absolute Gasteiger partial charge is 0.356 e. The van der Waals surface area contributed by atoms with E-state index in [1.807, 2.05) is 0 Å². The first-order valence-electron chi connectivity index (χ1n) is 6.70. The Hall–Kier alpha value is -0.570. The lowest BCUT2D eigenvalue weighted by molar-refractivity contribution is -0.125. The molecule has 3 heteroatoms. The van der Waals surface area contributed by atoms with Gasteiger partial charge >= 0.3 is 0 Å². The summed E-state index contributed by atoms with van der Waals surface area (Å²) in [5.74, 6) is 1.66. The van der Waals surface area contributed by atoms with Crippen LogP contribution in [0.3, 0.4) is 0 Å². The molecule has 0 spiro atoms. The summed E-state index contributed by atoms with van der Waals surface area (Å²) in [6.07, 6.45) is 5.61. The second-order valence-corrected chi connectivity index (χ2v) is 4.95. The molecule has 0 aliphatic heterocycles. The number of nitrogens with two attached hydrogens (primary N) is 1. The fourth-order valence-corrected chi connectivity index (χ4v) is 2.73. The van der Waals surface area contributed by atoms with Crippen molar-refractivity contribution in [1.29, 1.82) is 0 Å². The van der Waals surface area contributed by atoms with Crippen molar-refractivity contribution in [3.05, 3.63) is 0 Å². The van der Waals surface area contributed by atoms with Crippen LogP contribution in [0.25, 0.3) is 0 Å². The minimum absolute atomic E-state index is 0.192. The Bertz CT molecular complexity index is 214. The van der Waals surface area contributed by atoms with E-state index < -0.39 is 0 Å². The Kier molecular flexibility index (Phi) is 5.81. The second-order valence-electron chi connectivity index (χ2n) is 4.95. The van der Waals surface area contributed by atoms with Crippen LogP contribution in [0.4, 0.5) is 0 Å². The molecule has 0 aromatic rings. The van der Waals surface area contributed by atoms with E-state index in [0.717, 1.165) is 25.9 Å². The Labute approximate surface area is 99.2 Å². The minimum Gasteiger partial charge on any atom is -0.356 e. The minimum atomic E-state index is 0.192. The van der Waals surface area contributed by atoms with Gasteiger partial charge in [-0.05, 0) is 44.1 Å². The summed E-state index contributed by atoms with van der Waals surface area (Å²) in [4.78, 5) is 11.8. The van der Waals surface area contributed by atoms with E-state index in [9.17, 15) is 4.79 Å². The normalized spacial score (nSPS) is 25.0. The average Bonchev–Trinajstić information content (AvgIpc) is 2.75. The Morgan fingerprint density at radius 1 is 1.31 bits per heavy atom. The molecule has 1 rings (SSSR count). The Balaban J connectivity index is 2.30. The van der Waals surface area contributed by atoms with Crippen LogP contribution < -0.4 is 11.1 Å². The van der Waals surface area contributed by atoms with Gasteiger partial charge in [-0.15, -0.1) is 0 Å². The van der Waals surface area contributed by atoms with Crippen LogP contribution in [-0.2, 0) is 4.79 Å². The molecule has 2 atom stereocenters. The molecule has 0 saturated heterocycles. The Morgan fingerprint density at radius 3 is 2.50 bits per heavy atom. The lowest BCUT2D eigenvalue weighted by atomic mass is 9.95. The summed E-state index contributed by atoms with van der Waals surface area (Å²) < 4.78 is 0. The zero-order chi connectivity index (χ0) is 12.0. The molecule has 1 fully saturated rings. The SMILES string of the molecule is CCC(CC)C(=O)NCC1CCCC1CN. The summed E-state index contributed by atoms with van der Waals surface area (Å²) in [5, 5.41) is 3.10. The van der Waals surface area contributed by atoms with Crippen molar-refractivity contribution < 1.29 is 4.79 Å². The summed E-state index contributed by atoms with van der Waals surface area (Å²) in [7, 11) is 0. The molecule has 1 aliphatic carbocycles. The lowest BCUT2D eigenvalue weighted by Crippen LogP contribution is -2.36. The molecule has 0 bridgehead atoms. The third-order valence-electron chi connectivity index (χ3n) is 4.01. The van der Waals surface area contributed by atoms with Crippen molar-refractivity contribution in [3.8, 4) is 0 Å². The van der Waals surface area contributed by atoms with E-state index in [1.54, 1.807) is 0 Å². The van der Waals surface area contributed by atoms with Gasteiger partial charge in [0, 0.05) is 12.5 Å². The van der Waals surface area contributed by atoms with E-state index in [-0.39, 0.29) is 11.8 Å². The van der Waals surface area contributed by atoms with Crippen molar-refractivity contribution in [2.24, 2.45) is 23.5 Å². The van der Waals surface area contributed by atoms with E-state index >= 15 is 0 Å². The number of rotatable bonds is 6. The van der Waals surface area contributed by atoms with Gasteiger partial charge in [0.2, 0.25) is 5.91 Å². The van der Waals surface area contributed by atoms with Crippen LogP contribution in [0.2, 0.25) is 0 Å². The van der Waals surface area contributed by atoms with Gasteiger partial charge in [0.1, 0.15) is 0 Å². The third-order valence-corrected chi connectivity index (χ3v) is 4.01. The molecule has 1 saturated carbocycles. The zero-order valence-electron chi connectivity index (χ0n) is 10.7. The van der Waals surface area contributed by atoms with Gasteiger partial charge in [0.15, 0.2) is 0 Å². The number of amides is 1. The zero-order valence-corrected chi connectivity index (χ0v) is 10.7. The summed E-state index contributed by atoms with van der Waals surface area (Å²) in [6.45, 7) is 5.75.